The predicted octanol–water partition coefficient (Wildman–Crippen LogP) is 1.95. The van der Waals surface area contributed by atoms with Crippen LogP contribution >= 0.6 is 0 Å². The molecule has 9 heavy (non-hydrogen) atoms. The molecule has 1 aliphatic rings. The molecular formula is C8H16O. The molecule has 0 radical (unpaired) electrons. The second-order valence-corrected chi connectivity index (χ2v) is 3.18. The molecule has 54 valence electrons. The minimum atomic E-state index is -0.00694. The maximum absolute atomic E-state index is 9.36. The molecule has 0 amide bonds. The van der Waals surface area contributed by atoms with Gasteiger partial charge in [0.15, 0.2) is 0 Å². The fraction of sp³-hybridized carbons (Fsp3) is 1.00. The van der Waals surface area contributed by atoms with E-state index in [1.807, 2.05) is 0 Å². The monoisotopic (exact) mass is 128 g/mol. The molecule has 0 aromatic carbocycles. The van der Waals surface area contributed by atoms with Gasteiger partial charge >= 0.3 is 0 Å². The fourth-order valence-corrected chi connectivity index (χ4v) is 1.47. The Morgan fingerprint density at radius 2 is 1.78 bits per heavy atom. The summed E-state index contributed by atoms with van der Waals surface area (Å²) >= 11 is 0. The molecule has 0 aromatic rings. The van der Waals surface area contributed by atoms with Crippen molar-refractivity contribution in [3.63, 3.8) is 0 Å². The van der Waals surface area contributed by atoms with Gasteiger partial charge in [-0.05, 0) is 18.8 Å². The maximum atomic E-state index is 9.36. The van der Waals surface area contributed by atoms with Gasteiger partial charge in [0.25, 0.3) is 0 Å². The van der Waals surface area contributed by atoms with Crippen LogP contribution in [-0.2, 0) is 0 Å². The van der Waals surface area contributed by atoms with Crippen molar-refractivity contribution in [3.05, 3.63) is 0 Å². The summed E-state index contributed by atoms with van der Waals surface area (Å²) in [4.78, 5) is 0. The van der Waals surface area contributed by atoms with Crippen LogP contribution in [0.5, 0.6) is 0 Å². The molecule has 1 fully saturated rings. The van der Waals surface area contributed by atoms with E-state index in [4.69, 9.17) is 0 Å². The molecule has 1 saturated carbocycles. The van der Waals surface area contributed by atoms with Crippen LogP contribution in [0.25, 0.3) is 0 Å². The summed E-state index contributed by atoms with van der Waals surface area (Å²) in [7, 11) is 0. The van der Waals surface area contributed by atoms with Crippen molar-refractivity contribution in [1.82, 2.24) is 0 Å². The van der Waals surface area contributed by atoms with Gasteiger partial charge in [-0.2, -0.15) is 0 Å². The van der Waals surface area contributed by atoms with Crippen molar-refractivity contribution >= 4 is 0 Å². The van der Waals surface area contributed by atoms with Crippen LogP contribution in [0, 0.1) is 5.92 Å². The maximum Gasteiger partial charge on any atom is 0.0565 e. The van der Waals surface area contributed by atoms with Crippen molar-refractivity contribution in [3.8, 4) is 0 Å². The van der Waals surface area contributed by atoms with E-state index in [1.54, 1.807) is 0 Å². The molecule has 0 heterocycles. The van der Waals surface area contributed by atoms with E-state index in [1.165, 1.54) is 25.7 Å². The Morgan fingerprint density at radius 3 is 2.56 bits per heavy atom. The van der Waals surface area contributed by atoms with Crippen molar-refractivity contribution in [1.29, 1.82) is 0 Å². The zero-order chi connectivity index (χ0) is 6.69. The highest BCUT2D eigenvalue weighted by molar-refractivity contribution is 4.68. The number of hydrogen-bond acceptors (Lipinski definition) is 1. The normalized spacial score (nSPS) is 38.0. The van der Waals surface area contributed by atoms with Crippen molar-refractivity contribution in [2.75, 3.05) is 0 Å². The first kappa shape index (κ1) is 7.07. The minimum absolute atomic E-state index is 0.00694. The lowest BCUT2D eigenvalue weighted by atomic mass is 10.0. The number of aliphatic hydroxyl groups excluding tert-OH is 1. The zero-order valence-corrected chi connectivity index (χ0v) is 6.14. The SMILES string of the molecule is C[C@H]1CCCCC[C@@H]1O. The van der Waals surface area contributed by atoms with Gasteiger partial charge in [0.1, 0.15) is 0 Å². The Hall–Kier alpha value is -0.0400. The molecular weight excluding hydrogens is 112 g/mol. The largest absolute Gasteiger partial charge is 0.393 e. The second-order valence-electron chi connectivity index (χ2n) is 3.18. The fourth-order valence-electron chi connectivity index (χ4n) is 1.47. The number of aliphatic hydroxyl groups is 1. The lowest BCUT2D eigenvalue weighted by molar-refractivity contribution is 0.110. The van der Waals surface area contributed by atoms with Crippen LogP contribution in [0.4, 0.5) is 0 Å². The third kappa shape index (κ3) is 1.98. The Kier molecular flexibility index (Phi) is 2.52. The highest BCUT2D eigenvalue weighted by Crippen LogP contribution is 2.22. The minimum Gasteiger partial charge on any atom is -0.393 e. The molecule has 1 nitrogen and oxygen atoms in total. The van der Waals surface area contributed by atoms with Gasteiger partial charge in [-0.25, -0.2) is 0 Å². The molecule has 1 N–H and O–H groups in total. The van der Waals surface area contributed by atoms with Gasteiger partial charge < -0.3 is 5.11 Å². The average Bonchev–Trinajstić information content (AvgIpc) is 1.99. The third-order valence-electron chi connectivity index (χ3n) is 2.32. The van der Waals surface area contributed by atoms with E-state index >= 15 is 0 Å². The topological polar surface area (TPSA) is 20.2 Å². The molecule has 0 aliphatic heterocycles. The predicted molar refractivity (Wildman–Crippen MR) is 38.3 cm³/mol. The van der Waals surface area contributed by atoms with E-state index in [-0.39, 0.29) is 6.10 Å². The average molecular weight is 128 g/mol. The van der Waals surface area contributed by atoms with Crippen LogP contribution < -0.4 is 0 Å². The van der Waals surface area contributed by atoms with Crippen LogP contribution in [0.2, 0.25) is 0 Å². The first-order valence-electron chi connectivity index (χ1n) is 3.99. The number of hydrogen-bond donors (Lipinski definition) is 1. The molecule has 0 unspecified atom stereocenters. The van der Waals surface area contributed by atoms with E-state index in [0.717, 1.165) is 6.42 Å². The molecule has 0 saturated heterocycles. The molecule has 0 bridgehead atoms. The van der Waals surface area contributed by atoms with Gasteiger partial charge in [-0.3, -0.25) is 0 Å². The van der Waals surface area contributed by atoms with Gasteiger partial charge in [-0.1, -0.05) is 26.2 Å². The molecule has 0 aromatic heterocycles. The molecule has 1 aliphatic carbocycles. The smallest absolute Gasteiger partial charge is 0.0565 e. The lowest BCUT2D eigenvalue weighted by Crippen LogP contribution is -2.14. The van der Waals surface area contributed by atoms with Crippen molar-refractivity contribution in [2.45, 2.75) is 45.1 Å². The van der Waals surface area contributed by atoms with Crippen LogP contribution in [-0.4, -0.2) is 11.2 Å². The van der Waals surface area contributed by atoms with E-state index in [2.05, 4.69) is 6.92 Å². The first-order chi connectivity index (χ1) is 4.30. The van der Waals surface area contributed by atoms with E-state index in [9.17, 15) is 5.11 Å². The summed E-state index contributed by atoms with van der Waals surface area (Å²) in [5, 5.41) is 9.36. The quantitative estimate of drug-likeness (QED) is 0.494. The zero-order valence-electron chi connectivity index (χ0n) is 6.14. The van der Waals surface area contributed by atoms with Gasteiger partial charge in [0, 0.05) is 0 Å². The third-order valence-corrected chi connectivity index (χ3v) is 2.32. The second kappa shape index (κ2) is 3.21. The van der Waals surface area contributed by atoms with Crippen molar-refractivity contribution in [2.24, 2.45) is 5.92 Å². The summed E-state index contributed by atoms with van der Waals surface area (Å²) in [6, 6.07) is 0. The summed E-state index contributed by atoms with van der Waals surface area (Å²) in [6.07, 6.45) is 6.11. The number of rotatable bonds is 0. The molecule has 1 heteroatoms. The Labute approximate surface area is 57.1 Å². The Bertz CT molecular complexity index is 70.6. The molecule has 2 atom stereocenters. The molecule has 1 rings (SSSR count). The highest BCUT2D eigenvalue weighted by Gasteiger charge is 2.15. The van der Waals surface area contributed by atoms with Gasteiger partial charge in [0.2, 0.25) is 0 Å². The Balaban J connectivity index is 2.32. The summed E-state index contributed by atoms with van der Waals surface area (Å²) in [5.74, 6) is 0.549. The van der Waals surface area contributed by atoms with Gasteiger partial charge in [-0.15, -0.1) is 0 Å². The van der Waals surface area contributed by atoms with E-state index in [0.29, 0.717) is 5.92 Å². The first-order valence-corrected chi connectivity index (χ1v) is 3.99. The summed E-state index contributed by atoms with van der Waals surface area (Å²) in [6.45, 7) is 2.15. The summed E-state index contributed by atoms with van der Waals surface area (Å²) in [5.41, 5.74) is 0. The van der Waals surface area contributed by atoms with Gasteiger partial charge in [0.05, 0.1) is 6.10 Å². The highest BCUT2D eigenvalue weighted by atomic mass is 16.3. The van der Waals surface area contributed by atoms with E-state index < -0.39 is 0 Å². The molecule has 0 spiro atoms. The van der Waals surface area contributed by atoms with Crippen LogP contribution in [0.1, 0.15) is 39.0 Å². The standard InChI is InChI=1S/C8H16O/c1-7-5-3-2-4-6-8(7)9/h7-9H,2-6H2,1H3/t7-,8-/m0/s1. The van der Waals surface area contributed by atoms with Crippen LogP contribution in [0.15, 0.2) is 0 Å². The summed E-state index contributed by atoms with van der Waals surface area (Å²) < 4.78 is 0. The lowest BCUT2D eigenvalue weighted by Gasteiger charge is -2.13. The van der Waals surface area contributed by atoms with Crippen molar-refractivity contribution < 1.29 is 5.11 Å². The van der Waals surface area contributed by atoms with Crippen LogP contribution in [0.3, 0.4) is 0 Å². The Morgan fingerprint density at radius 1 is 1.11 bits per heavy atom.